The normalized spacial score (nSPS) is 11.8. The Kier molecular flexibility index (Phi) is 8.11. The molecule has 0 heterocycles. The molecule has 0 bridgehead atoms. The zero-order valence-electron chi connectivity index (χ0n) is 16.0. The SMILES string of the molecule is COc1ccc(CNC(=O)C(C)N(C)CC(=O)Nc2ccc(Cl)c(Cl)c2)cc1. The van der Waals surface area contributed by atoms with Crippen molar-refractivity contribution in [2.75, 3.05) is 26.0 Å². The molecule has 150 valence electrons. The van der Waals surface area contributed by atoms with Gasteiger partial charge in [0.05, 0.1) is 29.7 Å². The number of anilines is 1. The summed E-state index contributed by atoms with van der Waals surface area (Å²) in [5.41, 5.74) is 1.51. The van der Waals surface area contributed by atoms with Crippen LogP contribution in [0, 0.1) is 0 Å². The molecule has 2 amide bonds. The maximum atomic E-state index is 12.4. The fourth-order valence-electron chi connectivity index (χ4n) is 2.42. The van der Waals surface area contributed by atoms with Crippen LogP contribution in [0.4, 0.5) is 5.69 Å². The Bertz CT molecular complexity index is 828. The monoisotopic (exact) mass is 423 g/mol. The van der Waals surface area contributed by atoms with Gasteiger partial charge >= 0.3 is 0 Å². The van der Waals surface area contributed by atoms with Gasteiger partial charge < -0.3 is 15.4 Å². The van der Waals surface area contributed by atoms with Gasteiger partial charge in [-0.25, -0.2) is 0 Å². The zero-order chi connectivity index (χ0) is 20.7. The second-order valence-electron chi connectivity index (χ2n) is 6.33. The van der Waals surface area contributed by atoms with Crippen molar-refractivity contribution in [2.24, 2.45) is 0 Å². The molecule has 2 rings (SSSR count). The van der Waals surface area contributed by atoms with E-state index in [1.165, 1.54) is 0 Å². The second-order valence-corrected chi connectivity index (χ2v) is 7.15. The largest absolute Gasteiger partial charge is 0.497 e. The molecule has 0 radical (unpaired) electrons. The van der Waals surface area contributed by atoms with Gasteiger partial charge in [-0.15, -0.1) is 0 Å². The van der Waals surface area contributed by atoms with Crippen LogP contribution in [0.2, 0.25) is 10.0 Å². The van der Waals surface area contributed by atoms with E-state index in [9.17, 15) is 9.59 Å². The summed E-state index contributed by atoms with van der Waals surface area (Å²) in [5.74, 6) is 0.340. The number of methoxy groups -OCH3 is 1. The number of likely N-dealkylation sites (N-methyl/N-ethyl adjacent to an activating group) is 1. The van der Waals surface area contributed by atoms with Gasteiger partial charge in [-0.05, 0) is 49.9 Å². The number of carbonyl (C=O) groups excluding carboxylic acids is 2. The van der Waals surface area contributed by atoms with Crippen LogP contribution in [0.15, 0.2) is 42.5 Å². The topological polar surface area (TPSA) is 70.7 Å². The minimum absolute atomic E-state index is 0.0529. The van der Waals surface area contributed by atoms with E-state index in [2.05, 4.69) is 10.6 Å². The van der Waals surface area contributed by atoms with Gasteiger partial charge in [-0.1, -0.05) is 35.3 Å². The Morgan fingerprint density at radius 2 is 1.79 bits per heavy atom. The fraction of sp³-hybridized carbons (Fsp3) is 0.300. The van der Waals surface area contributed by atoms with Crippen LogP contribution in [0.5, 0.6) is 5.75 Å². The van der Waals surface area contributed by atoms with Gasteiger partial charge in [0.2, 0.25) is 11.8 Å². The van der Waals surface area contributed by atoms with Crippen LogP contribution >= 0.6 is 23.2 Å². The summed E-state index contributed by atoms with van der Waals surface area (Å²) in [6.07, 6.45) is 0. The molecule has 1 unspecified atom stereocenters. The highest BCUT2D eigenvalue weighted by Gasteiger charge is 2.20. The molecule has 6 nitrogen and oxygen atoms in total. The highest BCUT2D eigenvalue weighted by Crippen LogP contribution is 2.24. The Labute approximate surface area is 174 Å². The number of carbonyl (C=O) groups is 2. The Balaban J connectivity index is 1.82. The fourth-order valence-corrected chi connectivity index (χ4v) is 2.72. The van der Waals surface area contributed by atoms with Crippen molar-refractivity contribution in [1.82, 2.24) is 10.2 Å². The molecule has 0 saturated heterocycles. The standard InChI is InChI=1S/C20H23Cl2N3O3/c1-13(20(27)23-11-14-4-7-16(28-3)8-5-14)25(2)12-19(26)24-15-6-9-17(21)18(22)10-15/h4-10,13H,11-12H2,1-3H3,(H,23,27)(H,24,26). The van der Waals surface area contributed by atoms with Crippen LogP contribution in [0.25, 0.3) is 0 Å². The Morgan fingerprint density at radius 3 is 2.39 bits per heavy atom. The molecule has 28 heavy (non-hydrogen) atoms. The number of ether oxygens (including phenoxy) is 1. The summed E-state index contributed by atoms with van der Waals surface area (Å²) in [7, 11) is 3.32. The average molecular weight is 424 g/mol. The number of amides is 2. The van der Waals surface area contributed by atoms with E-state index in [4.69, 9.17) is 27.9 Å². The average Bonchev–Trinajstić information content (AvgIpc) is 2.68. The van der Waals surface area contributed by atoms with Crippen molar-refractivity contribution in [2.45, 2.75) is 19.5 Å². The lowest BCUT2D eigenvalue weighted by molar-refractivity contribution is -0.126. The number of benzene rings is 2. The lowest BCUT2D eigenvalue weighted by Gasteiger charge is -2.23. The van der Waals surface area contributed by atoms with E-state index in [1.807, 2.05) is 24.3 Å². The maximum Gasteiger partial charge on any atom is 0.238 e. The van der Waals surface area contributed by atoms with Gasteiger partial charge in [0.25, 0.3) is 0 Å². The molecule has 0 aliphatic carbocycles. The molecule has 0 aromatic heterocycles. The molecule has 2 aromatic carbocycles. The predicted molar refractivity (Wildman–Crippen MR) is 112 cm³/mol. The highest BCUT2D eigenvalue weighted by molar-refractivity contribution is 6.42. The van der Waals surface area contributed by atoms with Gasteiger partial charge in [0, 0.05) is 12.2 Å². The van der Waals surface area contributed by atoms with Crippen molar-refractivity contribution in [3.05, 3.63) is 58.1 Å². The Hall–Kier alpha value is -2.28. The molecule has 1 atom stereocenters. The van der Waals surface area contributed by atoms with Crippen LogP contribution in [-0.2, 0) is 16.1 Å². The second kappa shape index (κ2) is 10.3. The molecule has 0 aliphatic rings. The minimum Gasteiger partial charge on any atom is -0.497 e. The van der Waals surface area contributed by atoms with Crippen molar-refractivity contribution >= 4 is 40.7 Å². The van der Waals surface area contributed by atoms with E-state index in [1.54, 1.807) is 44.2 Å². The lowest BCUT2D eigenvalue weighted by Crippen LogP contribution is -2.45. The molecule has 2 aromatic rings. The molecule has 8 heteroatoms. The van der Waals surface area contributed by atoms with E-state index >= 15 is 0 Å². The van der Waals surface area contributed by atoms with Gasteiger partial charge in [0.1, 0.15) is 5.75 Å². The number of hydrogen-bond acceptors (Lipinski definition) is 4. The first-order chi connectivity index (χ1) is 13.3. The van der Waals surface area contributed by atoms with E-state index < -0.39 is 6.04 Å². The number of halogens is 2. The molecule has 0 fully saturated rings. The van der Waals surface area contributed by atoms with E-state index in [0.717, 1.165) is 11.3 Å². The van der Waals surface area contributed by atoms with Crippen molar-refractivity contribution in [1.29, 1.82) is 0 Å². The third-order valence-electron chi connectivity index (χ3n) is 4.26. The first kappa shape index (κ1) is 22.0. The van der Waals surface area contributed by atoms with Crippen LogP contribution in [0.1, 0.15) is 12.5 Å². The summed E-state index contributed by atoms with van der Waals surface area (Å²) in [4.78, 5) is 26.2. The summed E-state index contributed by atoms with van der Waals surface area (Å²) >= 11 is 11.8. The van der Waals surface area contributed by atoms with Gasteiger partial charge in [-0.2, -0.15) is 0 Å². The first-order valence-electron chi connectivity index (χ1n) is 8.66. The quantitative estimate of drug-likeness (QED) is 0.680. The zero-order valence-corrected chi connectivity index (χ0v) is 17.5. The smallest absolute Gasteiger partial charge is 0.238 e. The van der Waals surface area contributed by atoms with Crippen LogP contribution in [-0.4, -0.2) is 43.5 Å². The van der Waals surface area contributed by atoms with Crippen LogP contribution < -0.4 is 15.4 Å². The third kappa shape index (κ3) is 6.41. The Morgan fingerprint density at radius 1 is 1.11 bits per heavy atom. The molecule has 0 saturated carbocycles. The lowest BCUT2D eigenvalue weighted by atomic mass is 10.2. The highest BCUT2D eigenvalue weighted by atomic mass is 35.5. The molecule has 0 aliphatic heterocycles. The number of nitrogens with one attached hydrogen (secondary N) is 2. The predicted octanol–water partition coefficient (Wildman–Crippen LogP) is 3.58. The van der Waals surface area contributed by atoms with Crippen molar-refractivity contribution in [3.63, 3.8) is 0 Å². The number of hydrogen-bond donors (Lipinski definition) is 2. The molecule has 2 N–H and O–H groups in total. The maximum absolute atomic E-state index is 12.4. The molecular formula is C20H23Cl2N3O3. The number of rotatable bonds is 8. The van der Waals surface area contributed by atoms with Gasteiger partial charge in [0.15, 0.2) is 0 Å². The van der Waals surface area contributed by atoms with Crippen LogP contribution in [0.3, 0.4) is 0 Å². The minimum atomic E-state index is -0.474. The molecule has 0 spiro atoms. The third-order valence-corrected chi connectivity index (χ3v) is 5.00. The van der Waals surface area contributed by atoms with E-state index in [-0.39, 0.29) is 18.4 Å². The summed E-state index contributed by atoms with van der Waals surface area (Å²) < 4.78 is 5.11. The first-order valence-corrected chi connectivity index (χ1v) is 9.41. The molecular weight excluding hydrogens is 401 g/mol. The summed E-state index contributed by atoms with van der Waals surface area (Å²) in [5, 5.41) is 6.38. The van der Waals surface area contributed by atoms with Crippen molar-refractivity contribution < 1.29 is 14.3 Å². The summed E-state index contributed by atoms with van der Waals surface area (Å²) in [6.45, 7) is 2.20. The number of nitrogens with zero attached hydrogens (tertiary/aromatic N) is 1. The van der Waals surface area contributed by atoms with Gasteiger partial charge in [-0.3, -0.25) is 14.5 Å². The van der Waals surface area contributed by atoms with Crippen molar-refractivity contribution in [3.8, 4) is 5.75 Å². The summed E-state index contributed by atoms with van der Waals surface area (Å²) in [6, 6.07) is 11.8. The van der Waals surface area contributed by atoms with E-state index in [0.29, 0.717) is 22.3 Å².